The number of nitrogens with one attached hydrogen (secondary N) is 1. The Bertz CT molecular complexity index is 1780. The van der Waals surface area contributed by atoms with E-state index in [2.05, 4.69) is 35.9 Å². The van der Waals surface area contributed by atoms with Gasteiger partial charge in [-0.25, -0.2) is 4.98 Å². The van der Waals surface area contributed by atoms with Crippen molar-refractivity contribution in [3.05, 3.63) is 100.0 Å². The van der Waals surface area contributed by atoms with Gasteiger partial charge >= 0.3 is 0 Å². The van der Waals surface area contributed by atoms with Crippen LogP contribution in [-0.2, 0) is 11.3 Å². The summed E-state index contributed by atoms with van der Waals surface area (Å²) >= 11 is 0. The molecule has 5 rings (SSSR count). The van der Waals surface area contributed by atoms with Crippen LogP contribution in [0.1, 0.15) is 61.8 Å². The highest BCUT2D eigenvalue weighted by molar-refractivity contribution is 5.98. The molecule has 0 fully saturated rings. The van der Waals surface area contributed by atoms with Crippen LogP contribution in [0.4, 0.5) is 0 Å². The number of primary amides is 1. The van der Waals surface area contributed by atoms with Crippen LogP contribution in [0.5, 0.6) is 0 Å². The highest BCUT2D eigenvalue weighted by Crippen LogP contribution is 2.29. The molecule has 41 heavy (non-hydrogen) atoms. The van der Waals surface area contributed by atoms with Gasteiger partial charge < -0.3 is 20.0 Å². The molecule has 8 heteroatoms. The van der Waals surface area contributed by atoms with E-state index < -0.39 is 17.9 Å². The molecular formula is C33H34N4O4. The Balaban J connectivity index is 1.49. The van der Waals surface area contributed by atoms with Gasteiger partial charge in [-0.3, -0.25) is 14.4 Å². The summed E-state index contributed by atoms with van der Waals surface area (Å²) in [7, 11) is 0. The Morgan fingerprint density at radius 2 is 1.68 bits per heavy atom. The zero-order chi connectivity index (χ0) is 29.3. The summed E-state index contributed by atoms with van der Waals surface area (Å²) in [4.78, 5) is 42.6. The number of rotatable bonds is 9. The maximum absolute atomic E-state index is 13.2. The molecule has 210 valence electrons. The Morgan fingerprint density at radius 1 is 0.976 bits per heavy atom. The number of nitrogens with two attached hydrogens (primary N) is 1. The van der Waals surface area contributed by atoms with Crippen molar-refractivity contribution < 1.29 is 14.0 Å². The second-order valence-electron chi connectivity index (χ2n) is 11.1. The molecule has 1 atom stereocenters. The average molecular weight is 551 g/mol. The number of amides is 2. The molecule has 2 aromatic heterocycles. The summed E-state index contributed by atoms with van der Waals surface area (Å²) < 4.78 is 8.42. The maximum atomic E-state index is 13.2. The van der Waals surface area contributed by atoms with Crippen LogP contribution in [-0.4, -0.2) is 27.4 Å². The van der Waals surface area contributed by atoms with Crippen LogP contribution in [0.15, 0.2) is 82.0 Å². The summed E-state index contributed by atoms with van der Waals surface area (Å²) in [6.07, 6.45) is 0.456. The number of carbonyl (C=O) groups is 2. The largest absolute Gasteiger partial charge is 0.456 e. The Labute approximate surface area is 238 Å². The van der Waals surface area contributed by atoms with E-state index in [4.69, 9.17) is 15.1 Å². The lowest BCUT2D eigenvalue weighted by Crippen LogP contribution is -2.45. The molecule has 3 N–H and O–H groups in total. The van der Waals surface area contributed by atoms with Gasteiger partial charge in [0.1, 0.15) is 23.2 Å². The summed E-state index contributed by atoms with van der Waals surface area (Å²) in [5.74, 6) is 0.751. The third kappa shape index (κ3) is 5.91. The van der Waals surface area contributed by atoms with Crippen molar-refractivity contribution in [3.8, 4) is 11.3 Å². The van der Waals surface area contributed by atoms with Crippen LogP contribution in [0.25, 0.3) is 33.3 Å². The number of benzene rings is 3. The normalized spacial score (nSPS) is 12.3. The van der Waals surface area contributed by atoms with Crippen LogP contribution in [0.3, 0.4) is 0 Å². The van der Waals surface area contributed by atoms with Crippen LogP contribution >= 0.6 is 0 Å². The van der Waals surface area contributed by atoms with Gasteiger partial charge in [-0.1, -0.05) is 70.2 Å². The minimum atomic E-state index is -0.746. The number of hydrogen-bond acceptors (Lipinski definition) is 5. The molecule has 0 bridgehead atoms. The number of aromatic nitrogens is 2. The Morgan fingerprint density at radius 3 is 2.32 bits per heavy atom. The topological polar surface area (TPSA) is 120 Å². The molecule has 0 saturated heterocycles. The van der Waals surface area contributed by atoms with E-state index in [1.165, 1.54) is 6.07 Å². The molecule has 0 aliphatic carbocycles. The fourth-order valence-electron chi connectivity index (χ4n) is 5.05. The summed E-state index contributed by atoms with van der Waals surface area (Å²) in [6, 6.07) is 21.3. The van der Waals surface area contributed by atoms with Gasteiger partial charge in [-0.05, 0) is 36.1 Å². The van der Waals surface area contributed by atoms with E-state index in [0.717, 1.165) is 22.4 Å². The highest BCUT2D eigenvalue weighted by Gasteiger charge is 2.21. The summed E-state index contributed by atoms with van der Waals surface area (Å²) in [5.41, 5.74) is 9.57. The van der Waals surface area contributed by atoms with Crippen molar-refractivity contribution in [1.82, 2.24) is 14.9 Å². The predicted octanol–water partition coefficient (Wildman–Crippen LogP) is 5.61. The van der Waals surface area contributed by atoms with E-state index in [0.29, 0.717) is 40.8 Å². The number of imidazole rings is 1. The van der Waals surface area contributed by atoms with E-state index in [-0.39, 0.29) is 17.3 Å². The smallest absolute Gasteiger partial charge is 0.251 e. The molecule has 8 nitrogen and oxygen atoms in total. The molecule has 3 aromatic carbocycles. The van der Waals surface area contributed by atoms with Crippen LogP contribution in [0.2, 0.25) is 0 Å². The lowest BCUT2D eigenvalue weighted by molar-refractivity contribution is -0.120. The van der Waals surface area contributed by atoms with E-state index in [9.17, 15) is 14.4 Å². The molecule has 0 spiro atoms. The molecular weight excluding hydrogens is 516 g/mol. The monoisotopic (exact) mass is 550 g/mol. The van der Waals surface area contributed by atoms with Crippen molar-refractivity contribution in [1.29, 1.82) is 0 Å². The van der Waals surface area contributed by atoms with Gasteiger partial charge in [0.15, 0.2) is 5.43 Å². The standard InChI is InChI=1S/C33H34N4O4/c1-19(2)14-26(31(34)39)36-33(40)23-12-10-22(11-13-23)29-17-28(38)24-15-25-27(16-30(24)41-29)37(32(35-25)20(3)4)18-21-8-6-5-7-9-21/h5-13,15-17,19-20,26H,14,18H2,1-4H3,(H2,34,39)(H,36,40)/t26-/m0/s1. The van der Waals surface area contributed by atoms with Crippen molar-refractivity contribution >= 4 is 33.8 Å². The quantitative estimate of drug-likeness (QED) is 0.247. The maximum Gasteiger partial charge on any atom is 0.251 e. The molecule has 5 aromatic rings. The number of nitrogens with zero attached hydrogens (tertiary/aromatic N) is 2. The number of hydrogen-bond donors (Lipinski definition) is 2. The van der Waals surface area contributed by atoms with E-state index in [1.807, 2.05) is 38.1 Å². The van der Waals surface area contributed by atoms with Gasteiger partial charge in [0.05, 0.1) is 16.4 Å². The molecule has 0 saturated carbocycles. The first-order chi connectivity index (χ1) is 19.6. The second-order valence-corrected chi connectivity index (χ2v) is 11.1. The van der Waals surface area contributed by atoms with E-state index >= 15 is 0 Å². The molecule has 0 radical (unpaired) electrons. The average Bonchev–Trinajstić information content (AvgIpc) is 3.29. The third-order valence-electron chi connectivity index (χ3n) is 7.11. The molecule has 2 heterocycles. The fourth-order valence-corrected chi connectivity index (χ4v) is 5.05. The van der Waals surface area contributed by atoms with Gasteiger partial charge in [0.2, 0.25) is 5.91 Å². The Hall–Kier alpha value is -4.72. The van der Waals surface area contributed by atoms with E-state index in [1.54, 1.807) is 30.3 Å². The SMILES string of the molecule is CC(C)C[C@H](NC(=O)c1ccc(-c2cc(=O)c3cc4nc(C(C)C)n(Cc5ccccc5)c4cc3o2)cc1)C(N)=O. The first-order valence-corrected chi connectivity index (χ1v) is 13.8. The van der Waals surface area contributed by atoms with Crippen molar-refractivity contribution in [2.75, 3.05) is 0 Å². The lowest BCUT2D eigenvalue weighted by Gasteiger charge is -2.17. The lowest BCUT2D eigenvalue weighted by atomic mass is 10.0. The zero-order valence-corrected chi connectivity index (χ0v) is 23.7. The first kappa shape index (κ1) is 27.8. The zero-order valence-electron chi connectivity index (χ0n) is 23.7. The predicted molar refractivity (Wildman–Crippen MR) is 161 cm³/mol. The highest BCUT2D eigenvalue weighted by atomic mass is 16.3. The fraction of sp³-hybridized carbons (Fsp3) is 0.273. The minimum Gasteiger partial charge on any atom is -0.456 e. The first-order valence-electron chi connectivity index (χ1n) is 13.8. The number of carbonyl (C=O) groups excluding carboxylic acids is 2. The number of fused-ring (bicyclic) bond motifs is 2. The minimum absolute atomic E-state index is 0.174. The molecule has 0 unspecified atom stereocenters. The van der Waals surface area contributed by atoms with Gasteiger partial charge in [0, 0.05) is 35.7 Å². The van der Waals surface area contributed by atoms with Gasteiger partial charge in [0.25, 0.3) is 5.91 Å². The second kappa shape index (κ2) is 11.4. The van der Waals surface area contributed by atoms with Crippen molar-refractivity contribution in [3.63, 3.8) is 0 Å². The summed E-state index contributed by atoms with van der Waals surface area (Å²) in [6.45, 7) is 8.77. The Kier molecular flexibility index (Phi) is 7.75. The molecule has 2 amide bonds. The molecule has 0 aliphatic rings. The van der Waals surface area contributed by atoms with Crippen molar-refractivity contribution in [2.24, 2.45) is 11.7 Å². The van der Waals surface area contributed by atoms with Crippen molar-refractivity contribution in [2.45, 2.75) is 52.6 Å². The van der Waals surface area contributed by atoms with Crippen LogP contribution in [0, 0.1) is 5.92 Å². The van der Waals surface area contributed by atoms with Crippen LogP contribution < -0.4 is 16.5 Å². The van der Waals surface area contributed by atoms with Gasteiger partial charge in [-0.15, -0.1) is 0 Å². The van der Waals surface area contributed by atoms with Gasteiger partial charge in [-0.2, -0.15) is 0 Å². The third-order valence-corrected chi connectivity index (χ3v) is 7.11. The molecule has 0 aliphatic heterocycles. The summed E-state index contributed by atoms with van der Waals surface area (Å²) in [5, 5.41) is 3.17.